The maximum atomic E-state index is 12.9. The van der Waals surface area contributed by atoms with E-state index in [1.807, 2.05) is 6.07 Å². The number of aromatic hydroxyl groups is 1. The molecule has 2 saturated carbocycles. The second-order valence-corrected chi connectivity index (χ2v) is 8.68. The second kappa shape index (κ2) is 6.40. The lowest BCUT2D eigenvalue weighted by Crippen LogP contribution is -2.44. The third-order valence-electron chi connectivity index (χ3n) is 7.50. The lowest BCUT2D eigenvalue weighted by molar-refractivity contribution is -0.141. The Bertz CT molecular complexity index is 740. The molecular formula is C22H28O4. The fraction of sp³-hybridized carbons (Fsp3) is 0.636. The van der Waals surface area contributed by atoms with Crippen molar-refractivity contribution in [1.29, 1.82) is 0 Å². The smallest absolute Gasteiger partial charge is 0.305 e. The van der Waals surface area contributed by atoms with Crippen LogP contribution in [0.1, 0.15) is 62.5 Å². The van der Waals surface area contributed by atoms with Gasteiger partial charge in [-0.05, 0) is 79.0 Å². The molecule has 4 rings (SSSR count). The van der Waals surface area contributed by atoms with Crippen molar-refractivity contribution in [3.8, 4) is 5.75 Å². The van der Waals surface area contributed by atoms with Gasteiger partial charge in [0, 0.05) is 18.3 Å². The Hall–Kier alpha value is -1.84. The van der Waals surface area contributed by atoms with E-state index in [2.05, 4.69) is 13.0 Å². The summed E-state index contributed by atoms with van der Waals surface area (Å²) in [7, 11) is 1.43. The molecule has 0 heterocycles. The summed E-state index contributed by atoms with van der Waals surface area (Å²) < 4.78 is 4.81. The molecule has 0 spiro atoms. The maximum absolute atomic E-state index is 12.9. The zero-order chi connectivity index (χ0) is 18.5. The summed E-state index contributed by atoms with van der Waals surface area (Å²) in [4.78, 5) is 24.5. The summed E-state index contributed by atoms with van der Waals surface area (Å²) in [5, 5.41) is 9.81. The van der Waals surface area contributed by atoms with Crippen molar-refractivity contribution in [2.75, 3.05) is 7.11 Å². The van der Waals surface area contributed by atoms with Crippen LogP contribution in [0.15, 0.2) is 18.2 Å². The number of phenols is 1. The molecule has 0 bridgehead atoms. The largest absolute Gasteiger partial charge is 0.508 e. The quantitative estimate of drug-likeness (QED) is 0.832. The second-order valence-electron chi connectivity index (χ2n) is 8.68. The van der Waals surface area contributed by atoms with Gasteiger partial charge in [-0.1, -0.05) is 13.0 Å². The molecule has 3 aliphatic rings. The number of fused-ring (bicyclic) bond motifs is 5. The number of methoxy groups -OCH3 is 1. The summed E-state index contributed by atoms with van der Waals surface area (Å²) in [6.07, 6.45) is 5.80. The van der Waals surface area contributed by atoms with Crippen LogP contribution in [-0.4, -0.2) is 24.0 Å². The van der Waals surface area contributed by atoms with Gasteiger partial charge in [-0.3, -0.25) is 9.59 Å². The van der Waals surface area contributed by atoms with E-state index in [9.17, 15) is 14.7 Å². The Morgan fingerprint density at radius 3 is 2.92 bits per heavy atom. The van der Waals surface area contributed by atoms with Crippen molar-refractivity contribution in [1.82, 2.24) is 0 Å². The number of aryl methyl sites for hydroxylation is 1. The Kier molecular flexibility index (Phi) is 4.32. The summed E-state index contributed by atoms with van der Waals surface area (Å²) in [5.74, 6) is 2.19. The number of esters is 1. The van der Waals surface area contributed by atoms with Crippen LogP contribution in [0.3, 0.4) is 0 Å². The minimum Gasteiger partial charge on any atom is -0.508 e. The number of rotatable bonds is 3. The topological polar surface area (TPSA) is 63.6 Å². The highest BCUT2D eigenvalue weighted by Crippen LogP contribution is 2.62. The van der Waals surface area contributed by atoms with Crippen LogP contribution in [-0.2, 0) is 20.7 Å². The van der Waals surface area contributed by atoms with Crippen molar-refractivity contribution in [2.45, 2.75) is 57.8 Å². The Morgan fingerprint density at radius 1 is 1.35 bits per heavy atom. The minimum atomic E-state index is -0.226. The highest BCUT2D eigenvalue weighted by atomic mass is 16.5. The predicted molar refractivity (Wildman–Crippen MR) is 97.9 cm³/mol. The molecule has 4 nitrogen and oxygen atoms in total. The molecule has 1 N–H and O–H groups in total. The minimum absolute atomic E-state index is 0.178. The van der Waals surface area contributed by atoms with Crippen LogP contribution in [0.2, 0.25) is 0 Å². The summed E-state index contributed by atoms with van der Waals surface area (Å²) >= 11 is 0. The Labute approximate surface area is 154 Å². The SMILES string of the molecule is COC(=O)CC[C@@H]1CC(=O)[C@@]2(C)CC[C@@H]3c4ccc(O)cc4CC[C@H]3[C@H]12. The standard InChI is InChI=1S/C22H28O4/c1-22-10-9-17-16-7-5-15(23)11-13(16)3-6-18(17)21(22)14(12-19(22)24)4-8-20(25)26-2/h5,7,11,14,17-18,21,23H,3-4,6,8-10,12H2,1-2H3/t14-,17-,18-,21+,22-/m1/s1. The Morgan fingerprint density at radius 2 is 2.15 bits per heavy atom. The number of benzene rings is 1. The number of Topliss-reactive ketones (excluding diaryl/α,β-unsaturated/α-hetero) is 1. The molecule has 0 radical (unpaired) electrons. The number of hydrogen-bond acceptors (Lipinski definition) is 4. The van der Waals surface area contributed by atoms with E-state index < -0.39 is 0 Å². The van der Waals surface area contributed by atoms with Gasteiger partial charge >= 0.3 is 5.97 Å². The van der Waals surface area contributed by atoms with Crippen molar-refractivity contribution < 1.29 is 19.4 Å². The molecule has 0 aromatic heterocycles. The van der Waals surface area contributed by atoms with Gasteiger partial charge in [0.05, 0.1) is 7.11 Å². The molecule has 3 aliphatic carbocycles. The zero-order valence-electron chi connectivity index (χ0n) is 15.7. The van der Waals surface area contributed by atoms with E-state index in [4.69, 9.17) is 4.74 Å². The van der Waals surface area contributed by atoms with Crippen LogP contribution in [0.4, 0.5) is 0 Å². The van der Waals surface area contributed by atoms with Gasteiger partial charge in [-0.2, -0.15) is 0 Å². The van der Waals surface area contributed by atoms with E-state index in [1.54, 1.807) is 6.07 Å². The molecule has 140 valence electrons. The fourth-order valence-electron chi connectivity index (χ4n) is 6.30. The molecule has 2 fully saturated rings. The van der Waals surface area contributed by atoms with Crippen molar-refractivity contribution in [3.63, 3.8) is 0 Å². The number of phenolic OH excluding ortho intramolecular Hbond substituents is 1. The molecule has 0 amide bonds. The monoisotopic (exact) mass is 356 g/mol. The first-order valence-corrected chi connectivity index (χ1v) is 9.86. The molecule has 0 unspecified atom stereocenters. The number of carbonyl (C=O) groups is 2. The van der Waals surface area contributed by atoms with E-state index >= 15 is 0 Å². The molecule has 0 aliphatic heterocycles. The first-order chi connectivity index (χ1) is 12.4. The molecule has 26 heavy (non-hydrogen) atoms. The number of ketones is 1. The fourth-order valence-corrected chi connectivity index (χ4v) is 6.30. The average molecular weight is 356 g/mol. The number of carbonyl (C=O) groups excluding carboxylic acids is 2. The molecule has 1 aromatic rings. The van der Waals surface area contributed by atoms with Gasteiger partial charge in [-0.15, -0.1) is 0 Å². The van der Waals surface area contributed by atoms with E-state index in [0.29, 0.717) is 42.1 Å². The maximum Gasteiger partial charge on any atom is 0.305 e. The molecule has 1 aromatic carbocycles. The van der Waals surface area contributed by atoms with Gasteiger partial charge < -0.3 is 9.84 Å². The van der Waals surface area contributed by atoms with Crippen molar-refractivity contribution in [3.05, 3.63) is 29.3 Å². The summed E-state index contributed by atoms with van der Waals surface area (Å²) in [6.45, 7) is 2.17. The zero-order valence-corrected chi connectivity index (χ0v) is 15.7. The lowest BCUT2D eigenvalue weighted by atomic mass is 9.54. The molecular weight excluding hydrogens is 328 g/mol. The van der Waals surface area contributed by atoms with Gasteiger partial charge in [0.25, 0.3) is 0 Å². The van der Waals surface area contributed by atoms with E-state index in [-0.39, 0.29) is 17.3 Å². The Balaban J connectivity index is 1.63. The highest BCUT2D eigenvalue weighted by Gasteiger charge is 2.58. The average Bonchev–Trinajstić information content (AvgIpc) is 2.89. The van der Waals surface area contributed by atoms with Crippen LogP contribution < -0.4 is 0 Å². The van der Waals surface area contributed by atoms with Crippen LogP contribution in [0.25, 0.3) is 0 Å². The lowest BCUT2D eigenvalue weighted by Gasteiger charge is -2.50. The molecule has 5 atom stereocenters. The van der Waals surface area contributed by atoms with Crippen molar-refractivity contribution in [2.24, 2.45) is 23.2 Å². The van der Waals surface area contributed by atoms with Gasteiger partial charge in [-0.25, -0.2) is 0 Å². The van der Waals surface area contributed by atoms with E-state index in [1.165, 1.54) is 18.2 Å². The summed E-state index contributed by atoms with van der Waals surface area (Å²) in [5.41, 5.74) is 2.41. The van der Waals surface area contributed by atoms with Crippen LogP contribution >= 0.6 is 0 Å². The van der Waals surface area contributed by atoms with Gasteiger partial charge in [0.1, 0.15) is 11.5 Å². The first-order valence-electron chi connectivity index (χ1n) is 9.86. The third-order valence-corrected chi connectivity index (χ3v) is 7.50. The predicted octanol–water partition coefficient (Wildman–Crippen LogP) is 4.00. The van der Waals surface area contributed by atoms with Crippen LogP contribution in [0.5, 0.6) is 5.75 Å². The number of hydrogen-bond donors (Lipinski definition) is 1. The van der Waals surface area contributed by atoms with Crippen molar-refractivity contribution >= 4 is 11.8 Å². The molecule has 4 heteroatoms. The van der Waals surface area contributed by atoms with Gasteiger partial charge in [0.2, 0.25) is 0 Å². The summed E-state index contributed by atoms with van der Waals surface area (Å²) in [6, 6.07) is 5.79. The van der Waals surface area contributed by atoms with Gasteiger partial charge in [0.15, 0.2) is 0 Å². The highest BCUT2D eigenvalue weighted by molar-refractivity contribution is 5.87. The third kappa shape index (κ3) is 2.65. The van der Waals surface area contributed by atoms with E-state index in [0.717, 1.165) is 32.1 Å². The first kappa shape index (κ1) is 17.6. The van der Waals surface area contributed by atoms with Crippen LogP contribution in [0, 0.1) is 23.2 Å². The number of ether oxygens (including phenoxy) is 1. The normalized spacial score (nSPS) is 35.4. The molecule has 0 saturated heterocycles.